The van der Waals surface area contributed by atoms with Crippen molar-refractivity contribution >= 4 is 0 Å². The van der Waals surface area contributed by atoms with Gasteiger partial charge in [0, 0.05) is 0 Å². The van der Waals surface area contributed by atoms with Crippen LogP contribution in [0.3, 0.4) is 0 Å². The zero-order valence-electron chi connectivity index (χ0n) is 18.7. The molecule has 3 unspecified atom stereocenters. The Bertz CT molecular complexity index is 489. The molecule has 1 nitrogen and oxygen atoms in total. The van der Waals surface area contributed by atoms with Gasteiger partial charge in [-0.25, -0.2) is 0 Å². The minimum Gasteiger partial charge on any atom is -0.380 e. The molecular formula is C25H43F3O. The van der Waals surface area contributed by atoms with Crippen molar-refractivity contribution in [2.75, 3.05) is 0 Å². The van der Waals surface area contributed by atoms with Crippen LogP contribution in [0.25, 0.3) is 0 Å². The zero-order valence-corrected chi connectivity index (χ0v) is 18.7. The largest absolute Gasteiger partial charge is 0.417 e. The average Bonchev–Trinajstić information content (AvgIpc) is 2.69. The molecule has 0 bridgehead atoms. The third-order valence-corrected chi connectivity index (χ3v) is 8.93. The van der Waals surface area contributed by atoms with Crippen molar-refractivity contribution in [2.24, 2.45) is 35.5 Å². The summed E-state index contributed by atoms with van der Waals surface area (Å²) in [7, 11) is 0. The van der Waals surface area contributed by atoms with Crippen LogP contribution < -0.4 is 0 Å². The molecule has 170 valence electrons. The van der Waals surface area contributed by atoms with Gasteiger partial charge in [0.1, 0.15) is 0 Å². The molecule has 3 aliphatic carbocycles. The second-order valence-electron chi connectivity index (χ2n) is 10.7. The van der Waals surface area contributed by atoms with Crippen molar-refractivity contribution in [1.82, 2.24) is 0 Å². The van der Waals surface area contributed by atoms with Crippen molar-refractivity contribution in [3.8, 4) is 0 Å². The first kappa shape index (κ1) is 23.4. The average molecular weight is 417 g/mol. The molecule has 1 N–H and O–H groups in total. The van der Waals surface area contributed by atoms with Gasteiger partial charge in [0.25, 0.3) is 0 Å². The minimum absolute atomic E-state index is 0.0255. The molecule has 0 aromatic carbocycles. The summed E-state index contributed by atoms with van der Waals surface area (Å²) in [5, 5.41) is 10.9. The third kappa shape index (κ3) is 5.33. The molecule has 0 amide bonds. The second-order valence-corrected chi connectivity index (χ2v) is 10.7. The predicted molar refractivity (Wildman–Crippen MR) is 113 cm³/mol. The maximum Gasteiger partial charge on any atom is 0.417 e. The van der Waals surface area contributed by atoms with Gasteiger partial charge < -0.3 is 5.11 Å². The van der Waals surface area contributed by atoms with Crippen LogP contribution in [0, 0.1) is 35.5 Å². The van der Waals surface area contributed by atoms with Gasteiger partial charge in [-0.05, 0) is 93.3 Å². The lowest BCUT2D eigenvalue weighted by atomic mass is 9.60. The fourth-order valence-electron chi connectivity index (χ4n) is 7.33. The maximum absolute atomic E-state index is 14.0. The van der Waals surface area contributed by atoms with Crippen LogP contribution in [-0.4, -0.2) is 16.9 Å². The topological polar surface area (TPSA) is 20.2 Å². The summed E-state index contributed by atoms with van der Waals surface area (Å²) in [6.45, 7) is 4.29. The van der Waals surface area contributed by atoms with E-state index in [1.807, 2.05) is 6.92 Å². The van der Waals surface area contributed by atoms with Crippen LogP contribution in [0.15, 0.2) is 0 Å². The first-order valence-electron chi connectivity index (χ1n) is 12.6. The minimum atomic E-state index is -4.50. The highest BCUT2D eigenvalue weighted by Crippen LogP contribution is 2.54. The van der Waals surface area contributed by atoms with E-state index in [-0.39, 0.29) is 18.3 Å². The molecule has 0 aromatic rings. The van der Waals surface area contributed by atoms with Gasteiger partial charge in [0.15, 0.2) is 5.60 Å². The van der Waals surface area contributed by atoms with E-state index in [4.69, 9.17) is 0 Å². The summed E-state index contributed by atoms with van der Waals surface area (Å²) in [4.78, 5) is 0. The highest BCUT2D eigenvalue weighted by Gasteiger charge is 2.61. The first-order valence-corrected chi connectivity index (χ1v) is 12.6. The molecule has 0 saturated heterocycles. The Kier molecular flexibility index (Phi) is 8.01. The van der Waals surface area contributed by atoms with E-state index >= 15 is 0 Å². The summed E-state index contributed by atoms with van der Waals surface area (Å²) < 4.78 is 41.9. The lowest BCUT2D eigenvalue weighted by molar-refractivity contribution is -0.301. The lowest BCUT2D eigenvalue weighted by Crippen LogP contribution is -2.57. The maximum atomic E-state index is 14.0. The van der Waals surface area contributed by atoms with Gasteiger partial charge in [0.2, 0.25) is 0 Å². The van der Waals surface area contributed by atoms with Crippen LogP contribution in [0.5, 0.6) is 0 Å². The molecule has 0 aromatic heterocycles. The fraction of sp³-hybridized carbons (Fsp3) is 1.00. The van der Waals surface area contributed by atoms with Crippen LogP contribution in [-0.2, 0) is 0 Å². The summed E-state index contributed by atoms with van der Waals surface area (Å²) in [5.41, 5.74) is -2.46. The summed E-state index contributed by atoms with van der Waals surface area (Å²) in [6, 6.07) is 0. The molecule has 3 fully saturated rings. The van der Waals surface area contributed by atoms with Gasteiger partial charge >= 0.3 is 6.18 Å². The van der Waals surface area contributed by atoms with Crippen LogP contribution >= 0.6 is 0 Å². The molecular weight excluding hydrogens is 373 g/mol. The smallest absolute Gasteiger partial charge is 0.380 e. The van der Waals surface area contributed by atoms with Crippen molar-refractivity contribution in [3.05, 3.63) is 0 Å². The lowest BCUT2D eigenvalue weighted by Gasteiger charge is -2.49. The highest BCUT2D eigenvalue weighted by atomic mass is 19.4. The number of halogens is 3. The normalized spacial score (nSPS) is 42.0. The standard InChI is InChI=1S/C25H43F3O/c1-3-5-18-7-10-20(11-8-18)21-12-14-22(15-13-21)23-16-9-19(6-4-2)17-24(23,29)25(26,27)28/h18-23,29H,3-17H2,1-2H3. The SMILES string of the molecule is CCCC1CCC(C2CCC(C3CCC(CCC)CC3(O)C(F)(F)F)CC2)CC1. The van der Waals surface area contributed by atoms with E-state index in [0.717, 1.165) is 56.8 Å². The zero-order chi connectivity index (χ0) is 21.1. The molecule has 0 heterocycles. The van der Waals surface area contributed by atoms with Gasteiger partial charge in [-0.3, -0.25) is 0 Å². The second kappa shape index (κ2) is 9.92. The van der Waals surface area contributed by atoms with E-state index in [1.54, 1.807) is 0 Å². The molecule has 3 atom stereocenters. The Hall–Kier alpha value is -0.250. The van der Waals surface area contributed by atoms with E-state index in [1.165, 1.54) is 38.5 Å². The predicted octanol–water partition coefficient (Wildman–Crippen LogP) is 7.91. The highest BCUT2D eigenvalue weighted by molar-refractivity contribution is 5.01. The van der Waals surface area contributed by atoms with E-state index in [0.29, 0.717) is 12.3 Å². The molecule has 4 heteroatoms. The Morgan fingerprint density at radius 2 is 1.14 bits per heavy atom. The molecule has 3 saturated carbocycles. The quantitative estimate of drug-likeness (QED) is 0.466. The van der Waals surface area contributed by atoms with Crippen molar-refractivity contribution in [3.63, 3.8) is 0 Å². The number of rotatable bonds is 6. The molecule has 29 heavy (non-hydrogen) atoms. The Morgan fingerprint density at radius 1 is 0.690 bits per heavy atom. The Morgan fingerprint density at radius 3 is 1.66 bits per heavy atom. The molecule has 0 aliphatic heterocycles. The number of aliphatic hydroxyl groups is 1. The van der Waals surface area contributed by atoms with Crippen LogP contribution in [0.2, 0.25) is 0 Å². The first-order chi connectivity index (χ1) is 13.8. The van der Waals surface area contributed by atoms with Gasteiger partial charge in [-0.15, -0.1) is 0 Å². The van der Waals surface area contributed by atoms with E-state index in [2.05, 4.69) is 6.92 Å². The van der Waals surface area contributed by atoms with E-state index in [9.17, 15) is 18.3 Å². The molecule has 0 radical (unpaired) electrons. The Labute approximate surface area is 176 Å². The monoisotopic (exact) mass is 416 g/mol. The number of alkyl halides is 3. The number of hydrogen-bond donors (Lipinski definition) is 1. The van der Waals surface area contributed by atoms with Crippen molar-refractivity contribution in [1.29, 1.82) is 0 Å². The summed E-state index contributed by atoms with van der Waals surface area (Å²) in [5.74, 6) is 1.91. The Balaban J connectivity index is 1.56. The summed E-state index contributed by atoms with van der Waals surface area (Å²) in [6.07, 6.45) is 10.5. The van der Waals surface area contributed by atoms with E-state index < -0.39 is 17.7 Å². The number of hydrogen-bond acceptors (Lipinski definition) is 1. The molecule has 0 spiro atoms. The van der Waals surface area contributed by atoms with Crippen LogP contribution in [0.4, 0.5) is 13.2 Å². The van der Waals surface area contributed by atoms with Gasteiger partial charge in [-0.2, -0.15) is 13.2 Å². The van der Waals surface area contributed by atoms with Crippen LogP contribution in [0.1, 0.15) is 110 Å². The van der Waals surface area contributed by atoms with Crippen molar-refractivity contribution in [2.45, 2.75) is 122 Å². The molecule has 3 aliphatic rings. The summed E-state index contributed by atoms with van der Waals surface area (Å²) >= 11 is 0. The van der Waals surface area contributed by atoms with Gasteiger partial charge in [-0.1, -0.05) is 52.4 Å². The molecule has 3 rings (SSSR count). The van der Waals surface area contributed by atoms with Crippen molar-refractivity contribution < 1.29 is 18.3 Å². The third-order valence-electron chi connectivity index (χ3n) is 8.93. The fourth-order valence-corrected chi connectivity index (χ4v) is 7.33. The van der Waals surface area contributed by atoms with Gasteiger partial charge in [0.05, 0.1) is 0 Å².